The van der Waals surface area contributed by atoms with E-state index in [1.165, 1.54) is 11.9 Å². The van der Waals surface area contributed by atoms with Gasteiger partial charge in [-0.1, -0.05) is 24.3 Å². The van der Waals surface area contributed by atoms with E-state index in [1.807, 2.05) is 24.3 Å². The van der Waals surface area contributed by atoms with Crippen LogP contribution in [-0.2, 0) is 17.9 Å². The Morgan fingerprint density at radius 1 is 1.26 bits per heavy atom. The summed E-state index contributed by atoms with van der Waals surface area (Å²) in [6, 6.07) is 7.29. The lowest BCUT2D eigenvalue weighted by Crippen LogP contribution is -2.28. The van der Waals surface area contributed by atoms with Crippen LogP contribution in [0.4, 0.5) is 13.2 Å². The number of hydrogen-bond acceptors (Lipinski definition) is 2. The molecule has 0 aliphatic rings. The zero-order chi connectivity index (χ0) is 14.5. The van der Waals surface area contributed by atoms with Crippen molar-refractivity contribution in [1.82, 2.24) is 4.90 Å². The van der Waals surface area contributed by atoms with Crippen LogP contribution in [0.2, 0.25) is 0 Å². The fraction of sp³-hybridized carbons (Fsp3) is 0.462. The minimum Gasteiger partial charge on any atom is -0.341 e. The van der Waals surface area contributed by atoms with Crippen molar-refractivity contribution < 1.29 is 18.0 Å². The lowest BCUT2D eigenvalue weighted by Gasteiger charge is -2.19. The third-order valence-electron chi connectivity index (χ3n) is 2.79. The molecule has 1 aromatic carbocycles. The van der Waals surface area contributed by atoms with Crippen molar-refractivity contribution in [2.45, 2.75) is 32.1 Å². The molecule has 19 heavy (non-hydrogen) atoms. The Morgan fingerprint density at radius 2 is 1.84 bits per heavy atom. The summed E-state index contributed by atoms with van der Waals surface area (Å²) in [4.78, 5) is 12.9. The predicted molar refractivity (Wildman–Crippen MR) is 66.1 cm³/mol. The molecule has 0 saturated carbocycles. The second kappa shape index (κ2) is 6.56. The van der Waals surface area contributed by atoms with Crippen LogP contribution < -0.4 is 5.73 Å². The number of hydrogen-bond donors (Lipinski definition) is 1. The molecule has 0 spiro atoms. The number of carbonyl (C=O) groups is 1. The van der Waals surface area contributed by atoms with Crippen molar-refractivity contribution in [3.63, 3.8) is 0 Å². The summed E-state index contributed by atoms with van der Waals surface area (Å²) in [5, 5.41) is 0. The molecule has 1 amide bonds. The van der Waals surface area contributed by atoms with Gasteiger partial charge in [-0.3, -0.25) is 4.79 Å². The summed E-state index contributed by atoms with van der Waals surface area (Å²) in [5.41, 5.74) is 7.31. The molecular formula is C13H17F3N2O. The number of alkyl halides is 3. The normalized spacial score (nSPS) is 11.4. The molecule has 3 nitrogen and oxygen atoms in total. The van der Waals surface area contributed by atoms with E-state index in [-0.39, 0.29) is 6.54 Å². The molecule has 0 aliphatic carbocycles. The Bertz CT molecular complexity index is 432. The largest absolute Gasteiger partial charge is 0.389 e. The first-order valence-electron chi connectivity index (χ1n) is 5.91. The average molecular weight is 274 g/mol. The van der Waals surface area contributed by atoms with Gasteiger partial charge in [-0.2, -0.15) is 13.2 Å². The van der Waals surface area contributed by atoms with Gasteiger partial charge in [0, 0.05) is 26.6 Å². The first-order chi connectivity index (χ1) is 8.83. The number of carbonyl (C=O) groups excluding carboxylic acids is 1. The fourth-order valence-electron chi connectivity index (χ4n) is 1.69. The minimum atomic E-state index is -4.30. The van der Waals surface area contributed by atoms with Gasteiger partial charge >= 0.3 is 6.18 Å². The summed E-state index contributed by atoms with van der Waals surface area (Å²) in [6.07, 6.45) is -5.91. The zero-order valence-corrected chi connectivity index (χ0v) is 10.7. The molecule has 0 saturated heterocycles. The summed E-state index contributed by atoms with van der Waals surface area (Å²) < 4.78 is 36.1. The van der Waals surface area contributed by atoms with E-state index >= 15 is 0 Å². The molecule has 0 heterocycles. The number of nitrogens with two attached hydrogens (primary N) is 1. The maximum Gasteiger partial charge on any atom is 0.389 e. The SMILES string of the molecule is CN(Cc1ccccc1CN)C(=O)CCC(F)(F)F. The second-order valence-corrected chi connectivity index (χ2v) is 4.34. The van der Waals surface area contributed by atoms with E-state index < -0.39 is 24.9 Å². The van der Waals surface area contributed by atoms with E-state index in [9.17, 15) is 18.0 Å². The van der Waals surface area contributed by atoms with Crippen LogP contribution in [0.25, 0.3) is 0 Å². The van der Waals surface area contributed by atoms with Crippen molar-refractivity contribution in [2.75, 3.05) is 7.05 Å². The van der Waals surface area contributed by atoms with Crippen LogP contribution in [0.5, 0.6) is 0 Å². The number of nitrogens with zero attached hydrogens (tertiary/aromatic N) is 1. The summed E-state index contributed by atoms with van der Waals surface area (Å²) in [6.45, 7) is 0.602. The maximum absolute atomic E-state index is 12.0. The smallest absolute Gasteiger partial charge is 0.341 e. The molecule has 1 rings (SSSR count). The predicted octanol–water partition coefficient (Wildman–Crippen LogP) is 2.45. The van der Waals surface area contributed by atoms with E-state index in [4.69, 9.17) is 5.73 Å². The molecule has 0 unspecified atom stereocenters. The average Bonchev–Trinajstić information content (AvgIpc) is 2.35. The van der Waals surface area contributed by atoms with E-state index in [1.54, 1.807) is 0 Å². The van der Waals surface area contributed by atoms with Gasteiger partial charge in [0.1, 0.15) is 0 Å². The standard InChI is InChI=1S/C13H17F3N2O/c1-18(12(19)6-7-13(14,15)16)9-11-5-3-2-4-10(11)8-17/h2-5H,6-9,17H2,1H3. The van der Waals surface area contributed by atoms with Crippen LogP contribution in [0.1, 0.15) is 24.0 Å². The monoisotopic (exact) mass is 274 g/mol. The summed E-state index contributed by atoms with van der Waals surface area (Å²) in [5.74, 6) is -0.524. The fourth-order valence-corrected chi connectivity index (χ4v) is 1.69. The van der Waals surface area contributed by atoms with Crippen LogP contribution in [-0.4, -0.2) is 24.0 Å². The van der Waals surface area contributed by atoms with Gasteiger partial charge in [-0.25, -0.2) is 0 Å². The Hall–Kier alpha value is -1.56. The number of halogens is 3. The van der Waals surface area contributed by atoms with E-state index in [0.29, 0.717) is 6.54 Å². The lowest BCUT2D eigenvalue weighted by molar-refractivity contribution is -0.148. The van der Waals surface area contributed by atoms with Crippen LogP contribution in [0.3, 0.4) is 0 Å². The Morgan fingerprint density at radius 3 is 2.37 bits per heavy atom. The highest BCUT2D eigenvalue weighted by atomic mass is 19.4. The molecule has 6 heteroatoms. The molecule has 1 aromatic rings. The highest BCUT2D eigenvalue weighted by molar-refractivity contribution is 5.75. The third kappa shape index (κ3) is 5.30. The van der Waals surface area contributed by atoms with Gasteiger partial charge in [-0.05, 0) is 11.1 Å². The number of amides is 1. The molecule has 0 aromatic heterocycles. The van der Waals surface area contributed by atoms with Crippen LogP contribution >= 0.6 is 0 Å². The molecule has 0 fully saturated rings. The molecule has 0 atom stereocenters. The molecule has 0 bridgehead atoms. The topological polar surface area (TPSA) is 46.3 Å². The van der Waals surface area contributed by atoms with Crippen molar-refractivity contribution in [3.8, 4) is 0 Å². The Kier molecular flexibility index (Phi) is 5.35. The number of benzene rings is 1. The van der Waals surface area contributed by atoms with Gasteiger partial charge in [0.05, 0.1) is 6.42 Å². The van der Waals surface area contributed by atoms with Gasteiger partial charge in [0.15, 0.2) is 0 Å². The van der Waals surface area contributed by atoms with Crippen molar-refractivity contribution in [2.24, 2.45) is 5.73 Å². The van der Waals surface area contributed by atoms with Crippen LogP contribution in [0.15, 0.2) is 24.3 Å². The van der Waals surface area contributed by atoms with Gasteiger partial charge in [0.2, 0.25) is 5.91 Å². The van der Waals surface area contributed by atoms with Crippen molar-refractivity contribution in [3.05, 3.63) is 35.4 Å². The zero-order valence-electron chi connectivity index (χ0n) is 10.7. The van der Waals surface area contributed by atoms with Gasteiger partial charge in [0.25, 0.3) is 0 Å². The van der Waals surface area contributed by atoms with Gasteiger partial charge < -0.3 is 10.6 Å². The lowest BCUT2D eigenvalue weighted by atomic mass is 10.1. The van der Waals surface area contributed by atoms with Crippen LogP contribution in [0, 0.1) is 0 Å². The number of rotatable bonds is 5. The minimum absolute atomic E-state index is 0.268. The highest BCUT2D eigenvalue weighted by Crippen LogP contribution is 2.22. The van der Waals surface area contributed by atoms with Gasteiger partial charge in [-0.15, -0.1) is 0 Å². The molecular weight excluding hydrogens is 257 g/mol. The Balaban J connectivity index is 2.59. The highest BCUT2D eigenvalue weighted by Gasteiger charge is 2.28. The summed E-state index contributed by atoms with van der Waals surface area (Å²) in [7, 11) is 1.49. The van der Waals surface area contributed by atoms with E-state index in [2.05, 4.69) is 0 Å². The maximum atomic E-state index is 12.0. The van der Waals surface area contributed by atoms with E-state index in [0.717, 1.165) is 11.1 Å². The summed E-state index contributed by atoms with van der Waals surface area (Å²) >= 11 is 0. The molecule has 2 N–H and O–H groups in total. The molecule has 106 valence electrons. The molecule has 0 aliphatic heterocycles. The Labute approximate surface area is 110 Å². The quantitative estimate of drug-likeness (QED) is 0.896. The van der Waals surface area contributed by atoms with Crippen molar-refractivity contribution in [1.29, 1.82) is 0 Å². The first kappa shape index (κ1) is 15.5. The first-order valence-corrected chi connectivity index (χ1v) is 5.91. The second-order valence-electron chi connectivity index (χ2n) is 4.34. The van der Waals surface area contributed by atoms with Crippen molar-refractivity contribution >= 4 is 5.91 Å². The third-order valence-corrected chi connectivity index (χ3v) is 2.79. The molecule has 0 radical (unpaired) electrons.